The fourth-order valence-corrected chi connectivity index (χ4v) is 3.19. The largest absolute Gasteiger partial charge is 0.357 e. The Labute approximate surface area is 134 Å². The average molecular weight is 308 g/mol. The summed E-state index contributed by atoms with van der Waals surface area (Å²) in [4.78, 5) is 16.4. The van der Waals surface area contributed by atoms with Crippen molar-refractivity contribution in [1.29, 1.82) is 0 Å². The maximum absolute atomic E-state index is 11.6. The van der Waals surface area contributed by atoms with Gasteiger partial charge in [-0.25, -0.2) is 0 Å². The molecule has 0 bridgehead atoms. The van der Waals surface area contributed by atoms with Gasteiger partial charge < -0.3 is 16.0 Å². The van der Waals surface area contributed by atoms with E-state index in [1.54, 1.807) is 0 Å². The van der Waals surface area contributed by atoms with Crippen LogP contribution in [0.15, 0.2) is 4.99 Å². The van der Waals surface area contributed by atoms with Crippen molar-refractivity contribution in [2.75, 3.05) is 26.2 Å². The maximum Gasteiger partial charge on any atom is 0.223 e. The third-order valence-corrected chi connectivity index (χ3v) is 5.00. The second-order valence-electron chi connectivity index (χ2n) is 6.75. The van der Waals surface area contributed by atoms with Gasteiger partial charge in [0.05, 0.1) is 0 Å². The third-order valence-electron chi connectivity index (χ3n) is 5.00. The van der Waals surface area contributed by atoms with E-state index in [4.69, 9.17) is 4.99 Å². The number of nitrogens with one attached hydrogen (secondary N) is 3. The van der Waals surface area contributed by atoms with Gasteiger partial charge in [-0.2, -0.15) is 0 Å². The molecule has 2 saturated carbocycles. The van der Waals surface area contributed by atoms with Crippen LogP contribution >= 0.6 is 0 Å². The molecular formula is C17H32N4O. The summed E-state index contributed by atoms with van der Waals surface area (Å²) in [7, 11) is 0. The van der Waals surface area contributed by atoms with Gasteiger partial charge in [0.1, 0.15) is 0 Å². The van der Waals surface area contributed by atoms with E-state index in [-0.39, 0.29) is 11.8 Å². The lowest BCUT2D eigenvalue weighted by Crippen LogP contribution is -2.42. The van der Waals surface area contributed by atoms with Crippen LogP contribution in [-0.4, -0.2) is 38.0 Å². The van der Waals surface area contributed by atoms with Gasteiger partial charge in [0.25, 0.3) is 0 Å². The van der Waals surface area contributed by atoms with E-state index in [9.17, 15) is 4.79 Å². The van der Waals surface area contributed by atoms with E-state index < -0.39 is 0 Å². The molecule has 126 valence electrons. The Morgan fingerprint density at radius 3 is 2.36 bits per heavy atom. The summed E-state index contributed by atoms with van der Waals surface area (Å²) in [5.41, 5.74) is 0.419. The van der Waals surface area contributed by atoms with Crippen LogP contribution in [-0.2, 0) is 4.79 Å². The minimum atomic E-state index is 0.208. The van der Waals surface area contributed by atoms with Crippen molar-refractivity contribution in [2.45, 2.75) is 58.8 Å². The van der Waals surface area contributed by atoms with E-state index in [1.165, 1.54) is 32.1 Å². The standard InChI is InChI=1S/C17H32N4O/c1-3-17(9-5-6-10-17)13-21-16(18-4-2)20-12-11-19-15(22)14-7-8-14/h14H,3-13H2,1-2H3,(H,19,22)(H2,18,20,21). The molecule has 2 fully saturated rings. The van der Waals surface area contributed by atoms with Gasteiger partial charge in [-0.05, 0) is 44.4 Å². The van der Waals surface area contributed by atoms with Crippen LogP contribution in [0.3, 0.4) is 0 Å². The summed E-state index contributed by atoms with van der Waals surface area (Å²) >= 11 is 0. The Balaban J connectivity index is 1.72. The predicted octanol–water partition coefficient (Wildman–Crippen LogP) is 2.04. The average Bonchev–Trinajstić information content (AvgIpc) is 3.28. The van der Waals surface area contributed by atoms with Gasteiger partial charge in [-0.15, -0.1) is 0 Å². The summed E-state index contributed by atoms with van der Waals surface area (Å²) in [6.45, 7) is 7.53. The SMILES string of the molecule is CCNC(=NCC1(CC)CCCC1)NCCNC(=O)C1CC1. The molecule has 1 amide bonds. The lowest BCUT2D eigenvalue weighted by molar-refractivity contribution is -0.122. The quantitative estimate of drug-likeness (QED) is 0.365. The Kier molecular flexibility index (Phi) is 6.52. The van der Waals surface area contributed by atoms with Crippen molar-refractivity contribution < 1.29 is 4.79 Å². The predicted molar refractivity (Wildman–Crippen MR) is 90.9 cm³/mol. The van der Waals surface area contributed by atoms with Gasteiger partial charge in [0.15, 0.2) is 5.96 Å². The first-order chi connectivity index (χ1) is 10.7. The minimum Gasteiger partial charge on any atom is -0.357 e. The molecule has 0 aromatic heterocycles. The van der Waals surface area contributed by atoms with Crippen molar-refractivity contribution in [2.24, 2.45) is 16.3 Å². The Morgan fingerprint density at radius 2 is 1.77 bits per heavy atom. The molecule has 0 aromatic carbocycles. The van der Waals surface area contributed by atoms with E-state index in [0.29, 0.717) is 12.0 Å². The first-order valence-electron chi connectivity index (χ1n) is 8.99. The molecule has 5 nitrogen and oxygen atoms in total. The summed E-state index contributed by atoms with van der Waals surface area (Å²) < 4.78 is 0. The number of rotatable bonds is 8. The molecule has 2 rings (SSSR count). The number of nitrogens with zero attached hydrogens (tertiary/aromatic N) is 1. The van der Waals surface area contributed by atoms with E-state index in [2.05, 4.69) is 29.8 Å². The maximum atomic E-state index is 11.6. The molecule has 0 aromatic rings. The molecule has 2 aliphatic carbocycles. The highest BCUT2D eigenvalue weighted by Crippen LogP contribution is 2.41. The summed E-state index contributed by atoms with van der Waals surface area (Å²) in [6, 6.07) is 0. The molecular weight excluding hydrogens is 276 g/mol. The fourth-order valence-electron chi connectivity index (χ4n) is 3.19. The van der Waals surface area contributed by atoms with Crippen LogP contribution in [0, 0.1) is 11.3 Å². The Bertz CT molecular complexity index is 384. The van der Waals surface area contributed by atoms with Crippen molar-refractivity contribution in [3.63, 3.8) is 0 Å². The lowest BCUT2D eigenvalue weighted by Gasteiger charge is -2.25. The number of hydrogen-bond acceptors (Lipinski definition) is 2. The topological polar surface area (TPSA) is 65.5 Å². The monoisotopic (exact) mass is 308 g/mol. The van der Waals surface area contributed by atoms with Crippen LogP contribution in [0.5, 0.6) is 0 Å². The highest BCUT2D eigenvalue weighted by Gasteiger charge is 2.31. The zero-order valence-electron chi connectivity index (χ0n) is 14.2. The first-order valence-corrected chi connectivity index (χ1v) is 8.99. The summed E-state index contributed by atoms with van der Waals surface area (Å²) in [6.07, 6.45) is 8.65. The zero-order valence-corrected chi connectivity index (χ0v) is 14.2. The Hall–Kier alpha value is -1.26. The second kappa shape index (κ2) is 8.39. The third kappa shape index (κ3) is 5.18. The van der Waals surface area contributed by atoms with Crippen LogP contribution in [0.2, 0.25) is 0 Å². The van der Waals surface area contributed by atoms with Crippen molar-refractivity contribution >= 4 is 11.9 Å². The zero-order chi connectivity index (χ0) is 15.8. The van der Waals surface area contributed by atoms with Gasteiger partial charge in [-0.1, -0.05) is 19.8 Å². The van der Waals surface area contributed by atoms with Crippen LogP contribution < -0.4 is 16.0 Å². The second-order valence-corrected chi connectivity index (χ2v) is 6.75. The van der Waals surface area contributed by atoms with E-state index >= 15 is 0 Å². The van der Waals surface area contributed by atoms with Crippen molar-refractivity contribution in [3.05, 3.63) is 0 Å². The number of aliphatic imine (C=N–C) groups is 1. The van der Waals surface area contributed by atoms with Crippen LogP contribution in [0.25, 0.3) is 0 Å². The van der Waals surface area contributed by atoms with Crippen molar-refractivity contribution in [3.8, 4) is 0 Å². The smallest absolute Gasteiger partial charge is 0.223 e. The highest BCUT2D eigenvalue weighted by atomic mass is 16.2. The molecule has 0 atom stereocenters. The molecule has 0 aliphatic heterocycles. The molecule has 2 aliphatic rings. The highest BCUT2D eigenvalue weighted by molar-refractivity contribution is 5.81. The van der Waals surface area contributed by atoms with Crippen LogP contribution in [0.1, 0.15) is 58.8 Å². The normalized spacial score (nSPS) is 20.7. The van der Waals surface area contributed by atoms with E-state index in [1.807, 2.05) is 0 Å². The van der Waals surface area contributed by atoms with Gasteiger partial charge in [0, 0.05) is 32.1 Å². The first kappa shape index (κ1) is 17.1. The number of guanidine groups is 1. The van der Waals surface area contributed by atoms with Crippen molar-refractivity contribution in [1.82, 2.24) is 16.0 Å². The van der Waals surface area contributed by atoms with Crippen LogP contribution in [0.4, 0.5) is 0 Å². The Morgan fingerprint density at radius 1 is 1.09 bits per heavy atom. The van der Waals surface area contributed by atoms with E-state index in [0.717, 1.165) is 38.4 Å². The number of amides is 1. The van der Waals surface area contributed by atoms with Gasteiger partial charge in [0.2, 0.25) is 5.91 Å². The molecule has 22 heavy (non-hydrogen) atoms. The molecule has 5 heteroatoms. The van der Waals surface area contributed by atoms with Gasteiger partial charge >= 0.3 is 0 Å². The summed E-state index contributed by atoms with van der Waals surface area (Å²) in [5.74, 6) is 1.37. The molecule has 0 heterocycles. The number of carbonyl (C=O) groups is 1. The number of carbonyl (C=O) groups excluding carboxylic acids is 1. The molecule has 3 N–H and O–H groups in total. The molecule has 0 spiro atoms. The fraction of sp³-hybridized carbons (Fsp3) is 0.882. The lowest BCUT2D eigenvalue weighted by atomic mass is 9.84. The molecule has 0 saturated heterocycles. The molecule has 0 radical (unpaired) electrons. The minimum absolute atomic E-state index is 0.208. The number of hydrogen-bond donors (Lipinski definition) is 3. The summed E-state index contributed by atoms with van der Waals surface area (Å²) in [5, 5.41) is 9.60. The molecule has 0 unspecified atom stereocenters. The van der Waals surface area contributed by atoms with Gasteiger partial charge in [-0.3, -0.25) is 9.79 Å².